The van der Waals surface area contributed by atoms with E-state index in [-0.39, 0.29) is 11.9 Å². The van der Waals surface area contributed by atoms with Gasteiger partial charge in [0.25, 0.3) is 0 Å². The number of nitrogens with zero attached hydrogens (tertiary/aromatic N) is 5. The number of carbonyl (C=O) groups excluding carboxylic acids is 1. The second-order valence-corrected chi connectivity index (χ2v) is 9.09. The van der Waals surface area contributed by atoms with E-state index >= 15 is 0 Å². The van der Waals surface area contributed by atoms with Gasteiger partial charge in [-0.25, -0.2) is 0 Å². The summed E-state index contributed by atoms with van der Waals surface area (Å²) in [5, 5.41) is 6.09. The lowest BCUT2D eigenvalue weighted by atomic mass is 10.0. The first kappa shape index (κ1) is 22.6. The zero-order valence-electron chi connectivity index (χ0n) is 18.8. The van der Waals surface area contributed by atoms with Crippen LogP contribution in [0.3, 0.4) is 0 Å². The Kier molecular flexibility index (Phi) is 7.68. The fourth-order valence-corrected chi connectivity index (χ4v) is 4.73. The van der Waals surface area contributed by atoms with E-state index in [1.807, 2.05) is 59.8 Å². The number of benzene rings is 1. The minimum absolute atomic E-state index is 0.201. The van der Waals surface area contributed by atoms with Crippen molar-refractivity contribution in [3.63, 3.8) is 0 Å². The van der Waals surface area contributed by atoms with E-state index in [1.165, 1.54) is 0 Å². The van der Waals surface area contributed by atoms with Gasteiger partial charge in [0.05, 0.1) is 4.88 Å². The van der Waals surface area contributed by atoms with Crippen LogP contribution in [0.4, 0.5) is 0 Å². The molecule has 1 fully saturated rings. The number of amides is 1. The molecular formula is C24H31N5O2S. The molecule has 3 aromatic rings. The maximum atomic E-state index is 13.3. The van der Waals surface area contributed by atoms with Gasteiger partial charge in [0.15, 0.2) is 0 Å². The molecule has 0 radical (unpaired) electrons. The monoisotopic (exact) mass is 453 g/mol. The van der Waals surface area contributed by atoms with Crippen molar-refractivity contribution in [2.45, 2.75) is 25.8 Å². The third-order valence-corrected chi connectivity index (χ3v) is 6.91. The quantitative estimate of drug-likeness (QED) is 0.494. The highest BCUT2D eigenvalue weighted by atomic mass is 32.1. The molecule has 1 amide bonds. The summed E-state index contributed by atoms with van der Waals surface area (Å²) in [6.45, 7) is 7.21. The average Bonchev–Trinajstić information content (AvgIpc) is 3.52. The molecule has 1 aromatic carbocycles. The lowest BCUT2D eigenvalue weighted by Gasteiger charge is -2.38. The molecule has 1 atom stereocenters. The maximum absolute atomic E-state index is 13.3. The van der Waals surface area contributed by atoms with Gasteiger partial charge in [0.2, 0.25) is 17.6 Å². The maximum Gasteiger partial charge on any atom is 0.244 e. The Bertz CT molecular complexity index is 967. The molecule has 7 nitrogen and oxygen atoms in total. The highest BCUT2D eigenvalue weighted by molar-refractivity contribution is 7.13. The Morgan fingerprint density at radius 3 is 2.62 bits per heavy atom. The van der Waals surface area contributed by atoms with E-state index in [0.717, 1.165) is 62.6 Å². The highest BCUT2D eigenvalue weighted by Gasteiger charge is 2.30. The Labute approximate surface area is 193 Å². The smallest absolute Gasteiger partial charge is 0.244 e. The molecule has 0 spiro atoms. The van der Waals surface area contributed by atoms with Gasteiger partial charge in [-0.2, -0.15) is 4.98 Å². The van der Waals surface area contributed by atoms with Crippen LogP contribution in [0.1, 0.15) is 30.8 Å². The third kappa shape index (κ3) is 5.43. The van der Waals surface area contributed by atoms with Gasteiger partial charge in [-0.1, -0.05) is 48.5 Å². The fraction of sp³-hybridized carbons (Fsp3) is 0.458. The van der Waals surface area contributed by atoms with Gasteiger partial charge in [-0.3, -0.25) is 14.6 Å². The first-order valence-corrected chi connectivity index (χ1v) is 12.2. The minimum Gasteiger partial charge on any atom is -0.339 e. The Morgan fingerprint density at radius 2 is 1.94 bits per heavy atom. The van der Waals surface area contributed by atoms with Crippen LogP contribution < -0.4 is 0 Å². The number of hydrogen-bond acceptors (Lipinski definition) is 7. The van der Waals surface area contributed by atoms with Crippen molar-refractivity contribution in [3.05, 3.63) is 59.3 Å². The number of likely N-dealkylation sites (N-methyl/N-ethyl adjacent to an activating group) is 1. The van der Waals surface area contributed by atoms with Crippen LogP contribution in [0.2, 0.25) is 0 Å². The van der Waals surface area contributed by atoms with E-state index in [9.17, 15) is 4.79 Å². The lowest BCUT2D eigenvalue weighted by molar-refractivity contribution is -0.138. The van der Waals surface area contributed by atoms with Gasteiger partial charge >= 0.3 is 0 Å². The summed E-state index contributed by atoms with van der Waals surface area (Å²) in [5.74, 6) is 1.56. The van der Waals surface area contributed by atoms with Crippen LogP contribution in [0, 0.1) is 0 Å². The van der Waals surface area contributed by atoms with Crippen LogP contribution in [0.15, 0.2) is 52.4 Å². The van der Waals surface area contributed by atoms with Crippen molar-refractivity contribution in [1.82, 2.24) is 24.8 Å². The lowest BCUT2D eigenvalue weighted by Crippen LogP contribution is -2.51. The van der Waals surface area contributed by atoms with E-state index in [2.05, 4.69) is 26.9 Å². The molecule has 170 valence electrons. The summed E-state index contributed by atoms with van der Waals surface area (Å²) in [5.41, 5.74) is 1.06. The minimum atomic E-state index is -0.220. The summed E-state index contributed by atoms with van der Waals surface area (Å²) in [6, 6.07) is 13.9. The van der Waals surface area contributed by atoms with Crippen LogP contribution in [-0.2, 0) is 11.2 Å². The molecule has 0 saturated carbocycles. The molecule has 8 heteroatoms. The zero-order valence-corrected chi connectivity index (χ0v) is 19.6. The second-order valence-electron chi connectivity index (χ2n) is 8.15. The first-order valence-electron chi connectivity index (χ1n) is 11.3. The molecule has 2 aromatic heterocycles. The molecule has 32 heavy (non-hydrogen) atoms. The SMILES string of the molecule is CCN(C)C(C(=O)N1CCN(CCCc2nc(-c3cccs3)no2)CC1)c1ccccc1. The molecule has 4 rings (SSSR count). The van der Waals surface area contributed by atoms with E-state index in [4.69, 9.17) is 4.52 Å². The molecule has 1 saturated heterocycles. The van der Waals surface area contributed by atoms with E-state index < -0.39 is 0 Å². The standard InChI is InChI=1S/C24H31N5O2S/c1-3-27(2)22(19-9-5-4-6-10-19)24(30)29-16-14-28(15-17-29)13-7-12-21-25-23(26-31-21)20-11-8-18-32-20/h4-6,8-11,18,22H,3,7,12-17H2,1-2H3. The number of thiophene rings is 1. The molecule has 0 N–H and O–H groups in total. The predicted octanol–water partition coefficient (Wildman–Crippen LogP) is 3.57. The Morgan fingerprint density at radius 1 is 1.16 bits per heavy atom. The summed E-state index contributed by atoms with van der Waals surface area (Å²) in [7, 11) is 2.02. The number of carbonyl (C=O) groups is 1. The van der Waals surface area contributed by atoms with Gasteiger partial charge in [-0.05, 0) is 43.6 Å². The van der Waals surface area contributed by atoms with Gasteiger partial charge in [-0.15, -0.1) is 11.3 Å². The van der Waals surface area contributed by atoms with E-state index in [0.29, 0.717) is 11.7 Å². The number of piperazine rings is 1. The molecule has 3 heterocycles. The van der Waals surface area contributed by atoms with Crippen LogP contribution in [0.5, 0.6) is 0 Å². The average molecular weight is 454 g/mol. The third-order valence-electron chi connectivity index (χ3n) is 6.05. The van der Waals surface area contributed by atoms with Crippen molar-refractivity contribution in [2.75, 3.05) is 46.3 Å². The summed E-state index contributed by atoms with van der Waals surface area (Å²) >= 11 is 1.61. The zero-order chi connectivity index (χ0) is 22.3. The molecule has 0 aliphatic carbocycles. The number of aryl methyl sites for hydroxylation is 1. The predicted molar refractivity (Wildman–Crippen MR) is 126 cm³/mol. The summed E-state index contributed by atoms with van der Waals surface area (Å²) in [6.07, 6.45) is 1.74. The van der Waals surface area contributed by atoms with Gasteiger partial charge < -0.3 is 9.42 Å². The van der Waals surface area contributed by atoms with Gasteiger partial charge in [0.1, 0.15) is 6.04 Å². The van der Waals surface area contributed by atoms with Crippen LogP contribution in [-0.4, -0.2) is 77.1 Å². The van der Waals surface area contributed by atoms with E-state index in [1.54, 1.807) is 11.3 Å². The highest BCUT2D eigenvalue weighted by Crippen LogP contribution is 2.23. The fourth-order valence-electron chi connectivity index (χ4n) is 4.08. The molecule has 0 bridgehead atoms. The van der Waals surface area contributed by atoms with Crippen molar-refractivity contribution in [3.8, 4) is 10.7 Å². The Balaban J connectivity index is 1.25. The first-order chi connectivity index (χ1) is 15.7. The number of aromatic nitrogens is 2. The molecule has 1 aliphatic rings. The molecular weight excluding hydrogens is 422 g/mol. The molecule has 1 aliphatic heterocycles. The largest absolute Gasteiger partial charge is 0.339 e. The van der Waals surface area contributed by atoms with Gasteiger partial charge in [0, 0.05) is 32.6 Å². The second kappa shape index (κ2) is 10.8. The number of rotatable bonds is 9. The Hall–Kier alpha value is -2.55. The number of hydrogen-bond donors (Lipinski definition) is 0. The summed E-state index contributed by atoms with van der Waals surface area (Å²) in [4.78, 5) is 25.4. The molecule has 1 unspecified atom stereocenters. The normalized spacial score (nSPS) is 15.9. The van der Waals surface area contributed by atoms with Crippen LogP contribution in [0.25, 0.3) is 10.7 Å². The van der Waals surface area contributed by atoms with Crippen LogP contribution >= 0.6 is 11.3 Å². The van der Waals surface area contributed by atoms with Crippen molar-refractivity contribution in [1.29, 1.82) is 0 Å². The van der Waals surface area contributed by atoms with Crippen molar-refractivity contribution in [2.24, 2.45) is 0 Å². The summed E-state index contributed by atoms with van der Waals surface area (Å²) < 4.78 is 5.40. The van der Waals surface area contributed by atoms with Crippen molar-refractivity contribution < 1.29 is 9.32 Å². The topological polar surface area (TPSA) is 65.7 Å². The van der Waals surface area contributed by atoms with Crippen molar-refractivity contribution >= 4 is 17.2 Å².